The Bertz CT molecular complexity index is 1420. The Balaban J connectivity index is 1.86. The average Bonchev–Trinajstić information content (AvgIpc) is 3.39. The molecule has 2 unspecified atom stereocenters. The molecule has 75 heavy (non-hydrogen) atoms. The fraction of sp³-hybridized carbons (Fsp3) is 0.982. The van der Waals surface area contributed by atoms with Gasteiger partial charge in [0.15, 0.2) is 6.29 Å². The summed E-state index contributed by atoms with van der Waals surface area (Å²) in [4.78, 5) is 24.2. The van der Waals surface area contributed by atoms with E-state index < -0.39 is 113 Å². The minimum absolute atomic E-state index is 0.0911. The minimum Gasteiger partial charge on any atom is -0.394 e. The third-order valence-corrected chi connectivity index (χ3v) is 16.4. The molecule has 1 aliphatic carbocycles. The van der Waals surface area contributed by atoms with Crippen LogP contribution in [0.25, 0.3) is 0 Å². The summed E-state index contributed by atoms with van der Waals surface area (Å²) in [5.41, 5.74) is 0. The van der Waals surface area contributed by atoms with E-state index in [0.29, 0.717) is 12.8 Å². The van der Waals surface area contributed by atoms with Crippen molar-refractivity contribution in [3.63, 3.8) is 0 Å². The van der Waals surface area contributed by atoms with Gasteiger partial charge in [-0.25, -0.2) is 4.57 Å². The summed E-state index contributed by atoms with van der Waals surface area (Å²) in [5.74, 6) is -0.478. The van der Waals surface area contributed by atoms with E-state index in [1.165, 1.54) is 161 Å². The van der Waals surface area contributed by atoms with Crippen LogP contribution in [0.4, 0.5) is 0 Å². The monoisotopic (exact) mass is 1100 g/mol. The molecule has 12 N–H and O–H groups in total. The summed E-state index contributed by atoms with van der Waals surface area (Å²) in [6, 6.07) is -1.41. The molecule has 0 spiro atoms. The van der Waals surface area contributed by atoms with Crippen LogP contribution in [0.1, 0.15) is 251 Å². The van der Waals surface area contributed by atoms with Gasteiger partial charge < -0.3 is 70.7 Å². The summed E-state index contributed by atoms with van der Waals surface area (Å²) in [7, 11) is -5.42. The predicted molar refractivity (Wildman–Crippen MR) is 289 cm³/mol. The van der Waals surface area contributed by atoms with Crippen molar-refractivity contribution in [1.82, 2.24) is 5.32 Å². The normalized spacial score (nSPS) is 27.2. The Morgan fingerprint density at radius 2 is 0.867 bits per heavy atom. The smallest absolute Gasteiger partial charge is 0.394 e. The molecule has 0 radical (unpaired) electrons. The molecule has 18 nitrogen and oxygen atoms in total. The SMILES string of the molecule is CCCCCCCCCCCCCCCCCCCCCCCCCC(=O)N[C@@H](COP(=O)(O)O[C@@H]1[C@H](O)[C@H](O)[C@@H](O)[C@H](O)[C@H]1O[C@@H]1O[C@H](CO)[C@@H](O)[C@H](O)[C@@H]1O)[C@H](O)C(O)CCCCCCCCCCCCCC. The number of unbranched alkanes of at least 4 members (excludes halogenated alkanes) is 33. The van der Waals surface area contributed by atoms with Gasteiger partial charge in [0.25, 0.3) is 0 Å². The zero-order valence-corrected chi connectivity index (χ0v) is 47.4. The predicted octanol–water partition coefficient (Wildman–Crippen LogP) is 7.81. The maximum absolute atomic E-state index is 13.6. The van der Waals surface area contributed by atoms with Crippen LogP contribution in [0.15, 0.2) is 0 Å². The first-order valence-corrected chi connectivity index (χ1v) is 31.6. The van der Waals surface area contributed by atoms with Crippen molar-refractivity contribution in [1.29, 1.82) is 0 Å². The quantitative estimate of drug-likeness (QED) is 0.0204. The molecule has 19 heteroatoms. The maximum Gasteiger partial charge on any atom is 0.472 e. The van der Waals surface area contributed by atoms with E-state index in [4.69, 9.17) is 18.5 Å². The number of amides is 1. The lowest BCUT2D eigenvalue weighted by atomic mass is 9.84. The lowest BCUT2D eigenvalue weighted by Gasteiger charge is -2.47. The number of hydrogen-bond donors (Lipinski definition) is 12. The van der Waals surface area contributed by atoms with Crippen molar-refractivity contribution in [2.45, 2.75) is 337 Å². The van der Waals surface area contributed by atoms with Gasteiger partial charge in [-0.15, -0.1) is 0 Å². The van der Waals surface area contributed by atoms with E-state index in [1.54, 1.807) is 0 Å². The number of aliphatic hydroxyl groups is 10. The summed E-state index contributed by atoms with van der Waals surface area (Å²) in [6.07, 6.45) is 17.1. The van der Waals surface area contributed by atoms with Crippen LogP contribution in [0, 0.1) is 0 Å². The Morgan fingerprint density at radius 1 is 0.507 bits per heavy atom. The number of nitrogens with one attached hydrogen (secondary N) is 1. The van der Waals surface area contributed by atoms with Crippen LogP contribution in [0.5, 0.6) is 0 Å². The first-order chi connectivity index (χ1) is 36.1. The van der Waals surface area contributed by atoms with Crippen LogP contribution in [-0.4, -0.2) is 161 Å². The molecule has 2 rings (SSSR count). The summed E-state index contributed by atoms with van der Waals surface area (Å²) < 4.78 is 34.9. The molecule has 0 bridgehead atoms. The van der Waals surface area contributed by atoms with Crippen LogP contribution >= 0.6 is 7.82 Å². The van der Waals surface area contributed by atoms with Crippen molar-refractivity contribution in [3.05, 3.63) is 0 Å². The van der Waals surface area contributed by atoms with E-state index >= 15 is 0 Å². The van der Waals surface area contributed by atoms with E-state index in [2.05, 4.69) is 19.2 Å². The number of phosphoric acid groups is 1. The summed E-state index contributed by atoms with van der Waals surface area (Å²) >= 11 is 0. The first kappa shape index (κ1) is 70.2. The summed E-state index contributed by atoms with van der Waals surface area (Å²) in [6.45, 7) is 2.75. The average molecular weight is 1100 g/mol. The number of carbonyl (C=O) groups excluding carboxylic acids is 1. The highest BCUT2D eigenvalue weighted by Crippen LogP contribution is 2.48. The molecular formula is C56H110NO17P. The van der Waals surface area contributed by atoms with Crippen molar-refractivity contribution in [2.75, 3.05) is 13.2 Å². The maximum atomic E-state index is 13.6. The highest BCUT2D eigenvalue weighted by Gasteiger charge is 2.55. The second-order valence-corrected chi connectivity index (χ2v) is 23.4. The Morgan fingerprint density at radius 3 is 1.27 bits per heavy atom. The van der Waals surface area contributed by atoms with Gasteiger partial charge in [-0.05, 0) is 12.8 Å². The molecule has 0 aromatic rings. The van der Waals surface area contributed by atoms with Gasteiger partial charge in [0.05, 0.1) is 25.4 Å². The molecule has 1 saturated carbocycles. The molecule has 2 fully saturated rings. The standard InChI is InChI=1S/C56H110NO17P/c1-3-5-7-9-11-13-15-17-18-19-20-21-22-23-24-25-26-27-29-31-33-35-37-39-45(60)57-42(46(61)43(59)38-36-34-32-30-28-16-14-12-10-8-6-4-2)41-71-75(69,70)74-55-52(67)50(65)49(64)51(66)54(55)73-56-53(68)48(63)47(62)44(40-58)72-56/h42-44,46-56,58-59,61-68H,3-41H2,1-2H3,(H,57,60)(H,69,70)/t42-,43?,44+,46-,47+,48-,49+,50+,51-,52+,53-,54+,55+,56-/m0/s1. The van der Waals surface area contributed by atoms with Crippen molar-refractivity contribution in [2.24, 2.45) is 0 Å². The Hall–Kier alpha value is -0.900. The van der Waals surface area contributed by atoms with Gasteiger partial charge in [0.2, 0.25) is 5.91 Å². The zero-order chi connectivity index (χ0) is 55.3. The molecule has 1 aliphatic heterocycles. The number of aliphatic hydroxyl groups excluding tert-OH is 10. The van der Waals surface area contributed by atoms with Gasteiger partial charge in [0, 0.05) is 6.42 Å². The van der Waals surface area contributed by atoms with Crippen molar-refractivity contribution >= 4 is 13.7 Å². The van der Waals surface area contributed by atoms with Gasteiger partial charge in [-0.1, -0.05) is 232 Å². The van der Waals surface area contributed by atoms with E-state index in [0.717, 1.165) is 51.4 Å². The number of rotatable bonds is 48. The molecular weight excluding hydrogens is 990 g/mol. The summed E-state index contributed by atoms with van der Waals surface area (Å²) in [5, 5.41) is 108. The number of carbonyl (C=O) groups is 1. The third kappa shape index (κ3) is 29.9. The molecule has 446 valence electrons. The zero-order valence-electron chi connectivity index (χ0n) is 46.5. The van der Waals surface area contributed by atoms with Gasteiger partial charge >= 0.3 is 7.82 Å². The number of phosphoric ester groups is 1. The third-order valence-electron chi connectivity index (χ3n) is 15.4. The van der Waals surface area contributed by atoms with Crippen LogP contribution in [-0.2, 0) is 27.9 Å². The molecule has 1 heterocycles. The van der Waals surface area contributed by atoms with Crippen LogP contribution in [0.3, 0.4) is 0 Å². The van der Waals surface area contributed by atoms with Crippen LogP contribution < -0.4 is 5.32 Å². The first-order valence-electron chi connectivity index (χ1n) is 30.1. The van der Waals surface area contributed by atoms with E-state index in [9.17, 15) is 65.3 Å². The van der Waals surface area contributed by atoms with Crippen molar-refractivity contribution < 1.29 is 83.8 Å². The molecule has 15 atom stereocenters. The van der Waals surface area contributed by atoms with Gasteiger partial charge in [0.1, 0.15) is 67.1 Å². The lowest BCUT2D eigenvalue weighted by Crippen LogP contribution is -2.67. The number of hydrogen-bond acceptors (Lipinski definition) is 16. The molecule has 2 aliphatic rings. The Kier molecular flexibility index (Phi) is 40.2. The molecule has 1 saturated heterocycles. The number of ether oxygens (including phenoxy) is 2. The fourth-order valence-corrected chi connectivity index (χ4v) is 11.3. The molecule has 0 aromatic heterocycles. The second-order valence-electron chi connectivity index (χ2n) is 22.0. The molecule has 1 amide bonds. The second kappa shape index (κ2) is 42.9. The van der Waals surface area contributed by atoms with Crippen molar-refractivity contribution in [3.8, 4) is 0 Å². The highest BCUT2D eigenvalue weighted by molar-refractivity contribution is 7.47. The Labute approximate surface area is 451 Å². The fourth-order valence-electron chi connectivity index (χ4n) is 10.4. The molecule has 0 aromatic carbocycles. The van der Waals surface area contributed by atoms with Gasteiger partial charge in [-0.3, -0.25) is 13.8 Å². The van der Waals surface area contributed by atoms with E-state index in [-0.39, 0.29) is 12.8 Å². The highest BCUT2D eigenvalue weighted by atomic mass is 31.2. The van der Waals surface area contributed by atoms with E-state index in [1.807, 2.05) is 0 Å². The largest absolute Gasteiger partial charge is 0.472 e. The van der Waals surface area contributed by atoms with Crippen LogP contribution in [0.2, 0.25) is 0 Å². The topological polar surface area (TPSA) is 306 Å². The minimum atomic E-state index is -5.42. The van der Waals surface area contributed by atoms with Gasteiger partial charge in [-0.2, -0.15) is 0 Å². The lowest BCUT2D eigenvalue weighted by molar-refractivity contribution is -0.338.